The maximum absolute atomic E-state index is 12.7. The van der Waals surface area contributed by atoms with Crippen molar-refractivity contribution in [3.63, 3.8) is 0 Å². The van der Waals surface area contributed by atoms with Crippen molar-refractivity contribution in [2.45, 2.75) is 33.1 Å². The van der Waals surface area contributed by atoms with Gasteiger partial charge in [-0.1, -0.05) is 44.2 Å². The molecule has 4 nitrogen and oxygen atoms in total. The van der Waals surface area contributed by atoms with E-state index in [-0.39, 0.29) is 0 Å². The molecule has 0 aromatic heterocycles. The molecule has 0 aliphatic carbocycles. The summed E-state index contributed by atoms with van der Waals surface area (Å²) in [6.07, 6.45) is 3.44. The van der Waals surface area contributed by atoms with E-state index in [0.29, 0.717) is 12.5 Å². The minimum absolute atomic E-state index is 0.334. The molecule has 3 rings (SSSR count). The molecule has 2 heterocycles. The number of carbonyl (C=O) groups excluding carboxylic acids is 1. The normalized spacial score (nSPS) is 20.7. The molecule has 144 valence electrons. The molecule has 4 heteroatoms. The van der Waals surface area contributed by atoms with Gasteiger partial charge >= 0.3 is 0 Å². The quantitative estimate of drug-likeness (QED) is 0.783. The van der Waals surface area contributed by atoms with Crippen molar-refractivity contribution < 1.29 is 4.79 Å². The number of amides is 1. The van der Waals surface area contributed by atoms with E-state index in [1.165, 1.54) is 12.1 Å². The zero-order chi connectivity index (χ0) is 18.4. The highest BCUT2D eigenvalue weighted by Crippen LogP contribution is 2.22. The van der Waals surface area contributed by atoms with Crippen LogP contribution in [-0.4, -0.2) is 73.0 Å². The molecular weight excluding hydrogens is 322 g/mol. The first-order valence-electron chi connectivity index (χ1n) is 10.4. The summed E-state index contributed by atoms with van der Waals surface area (Å²) in [7, 11) is 0. The molecule has 0 atom stereocenters. The lowest BCUT2D eigenvalue weighted by molar-refractivity contribution is -0.134. The number of piperazine rings is 1. The standard InChI is InChI=1S/C22H35N3O/c1-19(2)17-23-12-14-24(15-13-23)18-22(26)25-10-8-21(9-11-25)16-20-6-4-3-5-7-20/h3-7,19,21H,8-18H2,1-2H3. The molecule has 1 aromatic carbocycles. The second-order valence-electron chi connectivity index (χ2n) is 8.48. The highest BCUT2D eigenvalue weighted by Gasteiger charge is 2.25. The summed E-state index contributed by atoms with van der Waals surface area (Å²) >= 11 is 0. The molecule has 2 aliphatic heterocycles. The Bertz CT molecular complexity index is 544. The van der Waals surface area contributed by atoms with E-state index < -0.39 is 0 Å². The number of hydrogen-bond acceptors (Lipinski definition) is 3. The molecule has 0 spiro atoms. The molecule has 0 saturated carbocycles. The molecule has 2 aliphatic rings. The van der Waals surface area contributed by atoms with Crippen LogP contribution in [0.3, 0.4) is 0 Å². The van der Waals surface area contributed by atoms with Gasteiger partial charge in [-0.25, -0.2) is 0 Å². The van der Waals surface area contributed by atoms with Gasteiger partial charge in [0.25, 0.3) is 0 Å². The molecule has 26 heavy (non-hydrogen) atoms. The lowest BCUT2D eigenvalue weighted by atomic mass is 9.90. The monoisotopic (exact) mass is 357 g/mol. The minimum atomic E-state index is 0.334. The molecule has 0 radical (unpaired) electrons. The van der Waals surface area contributed by atoms with Gasteiger partial charge in [0.2, 0.25) is 5.91 Å². The van der Waals surface area contributed by atoms with Crippen LogP contribution in [0.2, 0.25) is 0 Å². The predicted octanol–water partition coefficient (Wildman–Crippen LogP) is 2.74. The molecule has 0 unspecified atom stereocenters. The van der Waals surface area contributed by atoms with Crippen LogP contribution in [-0.2, 0) is 11.2 Å². The number of rotatable bonds is 6. The van der Waals surface area contributed by atoms with Gasteiger partial charge in [0, 0.05) is 45.8 Å². The van der Waals surface area contributed by atoms with Crippen LogP contribution < -0.4 is 0 Å². The van der Waals surface area contributed by atoms with E-state index in [0.717, 1.165) is 70.4 Å². The Morgan fingerprint density at radius 1 is 0.962 bits per heavy atom. The molecule has 1 amide bonds. The second-order valence-corrected chi connectivity index (χ2v) is 8.48. The fourth-order valence-corrected chi connectivity index (χ4v) is 4.27. The summed E-state index contributed by atoms with van der Waals surface area (Å²) in [6.45, 7) is 12.5. The number of piperidine rings is 1. The lowest BCUT2D eigenvalue weighted by Crippen LogP contribution is -2.51. The Hall–Kier alpha value is -1.39. The van der Waals surface area contributed by atoms with Crippen LogP contribution in [0.15, 0.2) is 30.3 Å². The molecule has 1 aromatic rings. The summed E-state index contributed by atoms with van der Waals surface area (Å²) in [4.78, 5) is 19.6. The van der Waals surface area contributed by atoms with Gasteiger partial charge in [0.15, 0.2) is 0 Å². The van der Waals surface area contributed by atoms with E-state index in [9.17, 15) is 4.79 Å². The Labute approximate surface area is 159 Å². The van der Waals surface area contributed by atoms with Gasteiger partial charge in [-0.15, -0.1) is 0 Å². The smallest absolute Gasteiger partial charge is 0.236 e. The zero-order valence-electron chi connectivity index (χ0n) is 16.6. The summed E-state index contributed by atoms with van der Waals surface area (Å²) < 4.78 is 0. The summed E-state index contributed by atoms with van der Waals surface area (Å²) in [6, 6.07) is 10.8. The van der Waals surface area contributed by atoms with Gasteiger partial charge < -0.3 is 9.80 Å². The number of benzene rings is 1. The average molecular weight is 358 g/mol. The molecular formula is C22H35N3O. The van der Waals surface area contributed by atoms with Crippen LogP contribution in [0.1, 0.15) is 32.3 Å². The van der Waals surface area contributed by atoms with E-state index in [2.05, 4.69) is 58.9 Å². The van der Waals surface area contributed by atoms with E-state index in [1.807, 2.05) is 0 Å². The average Bonchev–Trinajstić information content (AvgIpc) is 2.64. The molecule has 0 N–H and O–H groups in total. The highest BCUT2D eigenvalue weighted by atomic mass is 16.2. The van der Waals surface area contributed by atoms with E-state index >= 15 is 0 Å². The van der Waals surface area contributed by atoms with Crippen LogP contribution in [0, 0.1) is 11.8 Å². The largest absolute Gasteiger partial charge is 0.342 e. The van der Waals surface area contributed by atoms with Crippen molar-refractivity contribution in [3.8, 4) is 0 Å². The van der Waals surface area contributed by atoms with Crippen molar-refractivity contribution in [3.05, 3.63) is 35.9 Å². The third-order valence-corrected chi connectivity index (χ3v) is 5.78. The second kappa shape index (κ2) is 9.52. The Kier molecular flexibility index (Phi) is 7.09. The van der Waals surface area contributed by atoms with Crippen molar-refractivity contribution in [1.82, 2.24) is 14.7 Å². The minimum Gasteiger partial charge on any atom is -0.342 e. The number of nitrogens with zero attached hydrogens (tertiary/aromatic N) is 3. The number of carbonyl (C=O) groups is 1. The van der Waals surface area contributed by atoms with E-state index in [4.69, 9.17) is 0 Å². The van der Waals surface area contributed by atoms with Gasteiger partial charge in [-0.3, -0.25) is 9.69 Å². The van der Waals surface area contributed by atoms with Crippen LogP contribution >= 0.6 is 0 Å². The fraction of sp³-hybridized carbons (Fsp3) is 0.682. The molecule has 2 saturated heterocycles. The zero-order valence-corrected chi connectivity index (χ0v) is 16.6. The summed E-state index contributed by atoms with van der Waals surface area (Å²) in [5.41, 5.74) is 1.43. The SMILES string of the molecule is CC(C)CN1CCN(CC(=O)N2CCC(Cc3ccccc3)CC2)CC1. The third-order valence-electron chi connectivity index (χ3n) is 5.78. The summed E-state index contributed by atoms with van der Waals surface area (Å²) in [5.74, 6) is 1.78. The van der Waals surface area contributed by atoms with Gasteiger partial charge in [-0.05, 0) is 36.7 Å². The first-order chi connectivity index (χ1) is 12.6. The third kappa shape index (κ3) is 5.82. The van der Waals surface area contributed by atoms with Crippen molar-refractivity contribution >= 4 is 5.91 Å². The molecule has 2 fully saturated rings. The summed E-state index contributed by atoms with van der Waals surface area (Å²) in [5, 5.41) is 0. The van der Waals surface area contributed by atoms with Crippen molar-refractivity contribution in [2.24, 2.45) is 11.8 Å². The van der Waals surface area contributed by atoms with Crippen LogP contribution in [0.5, 0.6) is 0 Å². The fourth-order valence-electron chi connectivity index (χ4n) is 4.27. The lowest BCUT2D eigenvalue weighted by Gasteiger charge is -2.37. The Balaban J connectivity index is 1.36. The number of likely N-dealkylation sites (tertiary alicyclic amines) is 1. The number of hydrogen-bond donors (Lipinski definition) is 0. The van der Waals surface area contributed by atoms with E-state index in [1.54, 1.807) is 0 Å². The Morgan fingerprint density at radius 2 is 1.58 bits per heavy atom. The van der Waals surface area contributed by atoms with Gasteiger partial charge in [0.1, 0.15) is 0 Å². The van der Waals surface area contributed by atoms with Crippen molar-refractivity contribution in [1.29, 1.82) is 0 Å². The maximum atomic E-state index is 12.7. The van der Waals surface area contributed by atoms with Gasteiger partial charge in [-0.2, -0.15) is 0 Å². The van der Waals surface area contributed by atoms with Crippen LogP contribution in [0.25, 0.3) is 0 Å². The molecule has 0 bridgehead atoms. The maximum Gasteiger partial charge on any atom is 0.236 e. The Morgan fingerprint density at radius 3 is 2.19 bits per heavy atom. The highest BCUT2D eigenvalue weighted by molar-refractivity contribution is 5.78. The topological polar surface area (TPSA) is 26.8 Å². The first-order valence-corrected chi connectivity index (χ1v) is 10.4. The van der Waals surface area contributed by atoms with Gasteiger partial charge in [0.05, 0.1) is 6.54 Å². The van der Waals surface area contributed by atoms with Crippen LogP contribution in [0.4, 0.5) is 0 Å². The first kappa shape index (κ1) is 19.4. The predicted molar refractivity (Wildman–Crippen MR) is 107 cm³/mol. The van der Waals surface area contributed by atoms with Crippen molar-refractivity contribution in [2.75, 3.05) is 52.4 Å².